The minimum absolute atomic E-state index is 0.0444. The van der Waals surface area contributed by atoms with Crippen LogP contribution in [0.4, 0.5) is 23.4 Å². The second-order valence-corrected chi connectivity index (χ2v) is 6.79. The molecule has 1 heterocycles. The van der Waals surface area contributed by atoms with E-state index in [4.69, 9.17) is 4.74 Å². The van der Waals surface area contributed by atoms with E-state index in [9.17, 15) is 22.4 Å². The number of nitrogens with one attached hydrogen (secondary N) is 2. The van der Waals surface area contributed by atoms with Gasteiger partial charge in [-0.3, -0.25) is 4.79 Å². The highest BCUT2D eigenvalue weighted by Gasteiger charge is 2.36. The van der Waals surface area contributed by atoms with Crippen molar-refractivity contribution in [2.24, 2.45) is 0 Å². The summed E-state index contributed by atoms with van der Waals surface area (Å²) in [6.45, 7) is 0. The van der Waals surface area contributed by atoms with E-state index in [1.807, 2.05) is 0 Å². The molecular weight excluding hydrogens is 392 g/mol. The van der Waals surface area contributed by atoms with Crippen LogP contribution in [0.2, 0.25) is 0 Å². The molecule has 2 N–H and O–H groups in total. The molecule has 1 aliphatic rings. The number of methoxy groups -OCH3 is 1. The van der Waals surface area contributed by atoms with Crippen molar-refractivity contribution < 1.29 is 27.1 Å². The minimum atomic E-state index is -4.67. The smallest absolute Gasteiger partial charge is 0.451 e. The SMILES string of the molecule is COc1cc(N[C@H]2CC[C@@H](NC(=O)c3ccc(F)cc3)CC2)nc(C(F)(F)F)n1. The molecule has 29 heavy (non-hydrogen) atoms. The Morgan fingerprint density at radius 3 is 2.28 bits per heavy atom. The van der Waals surface area contributed by atoms with Crippen molar-refractivity contribution in [1.82, 2.24) is 15.3 Å². The van der Waals surface area contributed by atoms with Crippen molar-refractivity contribution in [1.29, 1.82) is 0 Å². The number of aromatic nitrogens is 2. The van der Waals surface area contributed by atoms with E-state index in [-0.39, 0.29) is 29.7 Å². The Morgan fingerprint density at radius 2 is 1.69 bits per heavy atom. The van der Waals surface area contributed by atoms with Crippen LogP contribution in [-0.2, 0) is 6.18 Å². The summed E-state index contributed by atoms with van der Waals surface area (Å²) in [6, 6.07) is 6.45. The quantitative estimate of drug-likeness (QED) is 0.731. The highest BCUT2D eigenvalue weighted by atomic mass is 19.4. The minimum Gasteiger partial charge on any atom is -0.481 e. The van der Waals surface area contributed by atoms with Gasteiger partial charge in [0.15, 0.2) is 0 Å². The van der Waals surface area contributed by atoms with Crippen molar-refractivity contribution >= 4 is 11.7 Å². The van der Waals surface area contributed by atoms with E-state index < -0.39 is 17.8 Å². The summed E-state index contributed by atoms with van der Waals surface area (Å²) in [5.74, 6) is -2.09. The fourth-order valence-corrected chi connectivity index (χ4v) is 3.19. The number of hydrogen-bond acceptors (Lipinski definition) is 5. The highest BCUT2D eigenvalue weighted by Crippen LogP contribution is 2.30. The lowest BCUT2D eigenvalue weighted by molar-refractivity contribution is -0.145. The molecule has 6 nitrogen and oxygen atoms in total. The first-order valence-electron chi connectivity index (χ1n) is 9.08. The third-order valence-electron chi connectivity index (χ3n) is 4.69. The molecule has 2 aromatic rings. The number of carbonyl (C=O) groups excluding carboxylic acids is 1. The Balaban J connectivity index is 1.56. The van der Waals surface area contributed by atoms with Crippen LogP contribution in [0.15, 0.2) is 30.3 Å². The molecule has 0 spiro atoms. The first-order valence-corrected chi connectivity index (χ1v) is 9.08. The molecular formula is C19H20F4N4O2. The average molecular weight is 412 g/mol. The fourth-order valence-electron chi connectivity index (χ4n) is 3.19. The van der Waals surface area contributed by atoms with Crippen LogP contribution in [0.3, 0.4) is 0 Å². The zero-order valence-corrected chi connectivity index (χ0v) is 15.6. The Kier molecular flexibility index (Phi) is 6.19. The van der Waals surface area contributed by atoms with Gasteiger partial charge in [-0.05, 0) is 49.9 Å². The van der Waals surface area contributed by atoms with Crippen molar-refractivity contribution in [2.45, 2.75) is 43.9 Å². The molecule has 1 amide bonds. The third kappa shape index (κ3) is 5.55. The van der Waals surface area contributed by atoms with Crippen molar-refractivity contribution in [2.75, 3.05) is 12.4 Å². The van der Waals surface area contributed by atoms with Gasteiger partial charge in [-0.25, -0.2) is 9.37 Å². The maximum atomic E-state index is 13.0. The summed E-state index contributed by atoms with van der Waals surface area (Å²) in [6.07, 6.45) is -2.09. The highest BCUT2D eigenvalue weighted by molar-refractivity contribution is 5.94. The van der Waals surface area contributed by atoms with E-state index in [0.717, 1.165) is 0 Å². The van der Waals surface area contributed by atoms with Gasteiger partial charge < -0.3 is 15.4 Å². The Bertz CT molecular complexity index is 850. The third-order valence-corrected chi connectivity index (χ3v) is 4.69. The van der Waals surface area contributed by atoms with E-state index in [1.165, 1.54) is 37.4 Å². The van der Waals surface area contributed by atoms with Crippen LogP contribution in [-0.4, -0.2) is 35.1 Å². The number of nitrogens with zero attached hydrogens (tertiary/aromatic N) is 2. The molecule has 1 aromatic carbocycles. The normalized spacial score (nSPS) is 19.5. The lowest BCUT2D eigenvalue weighted by atomic mass is 9.91. The molecule has 0 aliphatic heterocycles. The number of benzene rings is 1. The van der Waals surface area contributed by atoms with Crippen LogP contribution in [0.25, 0.3) is 0 Å². The Morgan fingerprint density at radius 1 is 1.07 bits per heavy atom. The molecule has 3 rings (SSSR count). The summed E-state index contributed by atoms with van der Waals surface area (Å²) in [4.78, 5) is 19.1. The summed E-state index contributed by atoms with van der Waals surface area (Å²) < 4.78 is 56.6. The maximum Gasteiger partial charge on any atom is 0.451 e. The first-order chi connectivity index (χ1) is 13.7. The van der Waals surface area contributed by atoms with Gasteiger partial charge in [0.1, 0.15) is 11.6 Å². The van der Waals surface area contributed by atoms with Gasteiger partial charge in [0.05, 0.1) is 7.11 Å². The van der Waals surface area contributed by atoms with Crippen LogP contribution < -0.4 is 15.4 Å². The molecule has 1 fully saturated rings. The van der Waals surface area contributed by atoms with Crippen molar-refractivity contribution in [3.8, 4) is 5.88 Å². The lowest BCUT2D eigenvalue weighted by Gasteiger charge is -2.30. The van der Waals surface area contributed by atoms with Gasteiger partial charge in [0, 0.05) is 23.7 Å². The van der Waals surface area contributed by atoms with Gasteiger partial charge in [-0.1, -0.05) is 0 Å². The molecule has 1 aliphatic carbocycles. The van der Waals surface area contributed by atoms with E-state index >= 15 is 0 Å². The summed E-state index contributed by atoms with van der Waals surface area (Å²) in [5, 5.41) is 5.90. The van der Waals surface area contributed by atoms with Crippen LogP contribution in [0.1, 0.15) is 41.9 Å². The number of carbonyl (C=O) groups is 1. The molecule has 0 atom stereocenters. The number of rotatable bonds is 5. The number of alkyl halides is 3. The van der Waals surface area contributed by atoms with E-state index in [0.29, 0.717) is 31.2 Å². The molecule has 156 valence electrons. The van der Waals surface area contributed by atoms with Gasteiger partial charge in [-0.2, -0.15) is 18.2 Å². The lowest BCUT2D eigenvalue weighted by Crippen LogP contribution is -2.40. The maximum absolute atomic E-state index is 13.0. The zero-order valence-electron chi connectivity index (χ0n) is 15.6. The summed E-state index contributed by atoms with van der Waals surface area (Å²) in [7, 11) is 1.24. The molecule has 0 bridgehead atoms. The summed E-state index contributed by atoms with van der Waals surface area (Å²) in [5.41, 5.74) is 0.374. The van der Waals surface area contributed by atoms with Gasteiger partial charge >= 0.3 is 6.18 Å². The number of ether oxygens (including phenoxy) is 1. The standard InChI is InChI=1S/C19H20F4N4O2/c1-29-16-10-15(26-18(27-16)19(21,22)23)24-13-6-8-14(9-7-13)25-17(28)11-2-4-12(20)5-3-11/h2-5,10,13-14H,6-9H2,1H3,(H,25,28)(H,24,26,27)/t13-,14+. The average Bonchev–Trinajstić information content (AvgIpc) is 2.69. The number of halogens is 4. The zero-order chi connectivity index (χ0) is 21.0. The number of hydrogen-bond donors (Lipinski definition) is 2. The second kappa shape index (κ2) is 8.62. The van der Waals surface area contributed by atoms with Gasteiger partial charge in [-0.15, -0.1) is 0 Å². The van der Waals surface area contributed by atoms with Crippen molar-refractivity contribution in [3.05, 3.63) is 47.5 Å². The first kappa shape index (κ1) is 20.8. The molecule has 0 unspecified atom stereocenters. The fraction of sp³-hybridized carbons (Fsp3) is 0.421. The largest absolute Gasteiger partial charge is 0.481 e. The predicted molar refractivity (Wildman–Crippen MR) is 97.1 cm³/mol. The molecule has 10 heteroatoms. The van der Waals surface area contributed by atoms with Gasteiger partial charge in [0.25, 0.3) is 5.91 Å². The summed E-state index contributed by atoms with van der Waals surface area (Å²) >= 11 is 0. The topological polar surface area (TPSA) is 76.1 Å². The molecule has 1 saturated carbocycles. The van der Waals surface area contributed by atoms with Crippen LogP contribution in [0, 0.1) is 5.82 Å². The van der Waals surface area contributed by atoms with Gasteiger partial charge in [0.2, 0.25) is 11.7 Å². The molecule has 0 radical (unpaired) electrons. The Labute approximate surface area is 164 Å². The Hall–Kier alpha value is -2.91. The molecule has 1 aromatic heterocycles. The number of anilines is 1. The predicted octanol–water partition coefficient (Wildman–Crippen LogP) is 3.80. The van der Waals surface area contributed by atoms with Crippen molar-refractivity contribution in [3.63, 3.8) is 0 Å². The monoisotopic (exact) mass is 412 g/mol. The second-order valence-electron chi connectivity index (χ2n) is 6.79. The van der Waals surface area contributed by atoms with E-state index in [2.05, 4.69) is 20.6 Å². The number of amides is 1. The van der Waals surface area contributed by atoms with Crippen LogP contribution in [0.5, 0.6) is 5.88 Å². The van der Waals surface area contributed by atoms with Crippen LogP contribution >= 0.6 is 0 Å². The van der Waals surface area contributed by atoms with E-state index in [1.54, 1.807) is 0 Å². The molecule has 0 saturated heterocycles.